The van der Waals surface area contributed by atoms with E-state index in [2.05, 4.69) is 25.9 Å². The summed E-state index contributed by atoms with van der Waals surface area (Å²) in [6, 6.07) is 0. The minimum absolute atomic E-state index is 0.103. The van der Waals surface area contributed by atoms with E-state index >= 15 is 0 Å². The van der Waals surface area contributed by atoms with Crippen LogP contribution in [-0.4, -0.2) is 15.1 Å². The van der Waals surface area contributed by atoms with Crippen LogP contribution in [0, 0.1) is 6.92 Å². The standard InChI is InChI=1S/C6H7BrN2O/c1-4-5(7)2-8-6(3-10)9-4/h2,10H,3H2,1H3. The first-order chi connectivity index (χ1) is 4.74. The summed E-state index contributed by atoms with van der Waals surface area (Å²) in [5.74, 6) is 0.459. The Morgan fingerprint density at radius 2 is 2.40 bits per heavy atom. The Hall–Kier alpha value is -0.480. The third-order valence-electron chi connectivity index (χ3n) is 1.11. The minimum atomic E-state index is -0.103. The van der Waals surface area contributed by atoms with Crippen LogP contribution in [0.4, 0.5) is 0 Å². The fourth-order valence-electron chi connectivity index (χ4n) is 0.577. The first kappa shape index (κ1) is 7.63. The third-order valence-corrected chi connectivity index (χ3v) is 1.89. The topological polar surface area (TPSA) is 46.0 Å². The van der Waals surface area contributed by atoms with Crippen molar-refractivity contribution in [3.05, 3.63) is 22.2 Å². The highest BCUT2D eigenvalue weighted by molar-refractivity contribution is 9.10. The summed E-state index contributed by atoms with van der Waals surface area (Å²) < 4.78 is 0.865. The fraction of sp³-hybridized carbons (Fsp3) is 0.333. The summed E-state index contributed by atoms with van der Waals surface area (Å²) in [4.78, 5) is 7.83. The van der Waals surface area contributed by atoms with Gasteiger partial charge >= 0.3 is 0 Å². The summed E-state index contributed by atoms with van der Waals surface area (Å²) in [6.45, 7) is 1.75. The number of rotatable bonds is 1. The molecule has 0 amide bonds. The average Bonchev–Trinajstić information content (AvgIpc) is 1.95. The number of aliphatic hydroxyl groups is 1. The van der Waals surface area contributed by atoms with Crippen molar-refractivity contribution in [1.82, 2.24) is 9.97 Å². The maximum Gasteiger partial charge on any atom is 0.153 e. The molecule has 1 N–H and O–H groups in total. The number of aryl methyl sites for hydroxylation is 1. The van der Waals surface area contributed by atoms with Crippen LogP contribution in [0.5, 0.6) is 0 Å². The Balaban J connectivity index is 3.04. The number of aromatic nitrogens is 2. The molecule has 1 aromatic heterocycles. The molecule has 1 aromatic rings. The van der Waals surface area contributed by atoms with E-state index in [0.717, 1.165) is 10.2 Å². The molecule has 1 rings (SSSR count). The lowest BCUT2D eigenvalue weighted by molar-refractivity contribution is 0.271. The monoisotopic (exact) mass is 202 g/mol. The maximum atomic E-state index is 8.61. The average molecular weight is 203 g/mol. The summed E-state index contributed by atoms with van der Waals surface area (Å²) in [7, 11) is 0. The lowest BCUT2D eigenvalue weighted by atomic mass is 10.4. The smallest absolute Gasteiger partial charge is 0.153 e. The molecule has 3 nitrogen and oxygen atoms in total. The van der Waals surface area contributed by atoms with Gasteiger partial charge in [0.2, 0.25) is 0 Å². The lowest BCUT2D eigenvalue weighted by Gasteiger charge is -1.97. The molecule has 1 heterocycles. The van der Waals surface area contributed by atoms with Gasteiger partial charge in [0, 0.05) is 6.20 Å². The Labute approximate surface area is 67.3 Å². The molecule has 54 valence electrons. The summed E-state index contributed by atoms with van der Waals surface area (Å²) in [5.41, 5.74) is 0.846. The first-order valence-corrected chi connectivity index (χ1v) is 3.62. The van der Waals surface area contributed by atoms with Crippen molar-refractivity contribution in [2.24, 2.45) is 0 Å². The van der Waals surface area contributed by atoms with Crippen LogP contribution in [-0.2, 0) is 6.61 Å². The van der Waals surface area contributed by atoms with Crippen molar-refractivity contribution in [2.45, 2.75) is 13.5 Å². The molecule has 0 spiro atoms. The Bertz CT molecular complexity index is 239. The van der Waals surface area contributed by atoms with E-state index in [-0.39, 0.29) is 6.61 Å². The van der Waals surface area contributed by atoms with Gasteiger partial charge in [-0.05, 0) is 22.9 Å². The number of hydrogen-bond donors (Lipinski definition) is 1. The van der Waals surface area contributed by atoms with Crippen molar-refractivity contribution < 1.29 is 5.11 Å². The first-order valence-electron chi connectivity index (χ1n) is 2.83. The maximum absolute atomic E-state index is 8.61. The SMILES string of the molecule is Cc1nc(CO)ncc1Br. The van der Waals surface area contributed by atoms with Crippen molar-refractivity contribution in [2.75, 3.05) is 0 Å². The van der Waals surface area contributed by atoms with Gasteiger partial charge in [-0.25, -0.2) is 9.97 Å². The Kier molecular flexibility index (Phi) is 2.34. The molecule has 0 aliphatic rings. The zero-order valence-corrected chi connectivity index (χ0v) is 7.09. The molecule has 0 fully saturated rings. The van der Waals surface area contributed by atoms with Gasteiger partial charge in [-0.15, -0.1) is 0 Å². The van der Waals surface area contributed by atoms with E-state index in [4.69, 9.17) is 5.11 Å². The van der Waals surface area contributed by atoms with Gasteiger partial charge in [0.1, 0.15) is 6.61 Å². The Morgan fingerprint density at radius 1 is 1.70 bits per heavy atom. The molecule has 0 aliphatic heterocycles. The second kappa shape index (κ2) is 3.07. The molecular formula is C6H7BrN2O. The molecule has 0 atom stereocenters. The molecule has 0 aliphatic carbocycles. The molecular weight excluding hydrogens is 196 g/mol. The molecule has 0 unspecified atom stereocenters. The van der Waals surface area contributed by atoms with Crippen LogP contribution in [0.1, 0.15) is 11.5 Å². The number of hydrogen-bond acceptors (Lipinski definition) is 3. The van der Waals surface area contributed by atoms with E-state index in [1.54, 1.807) is 6.20 Å². The summed E-state index contributed by atoms with van der Waals surface area (Å²) in [6.07, 6.45) is 1.63. The van der Waals surface area contributed by atoms with Gasteiger partial charge < -0.3 is 5.11 Å². The molecule has 4 heteroatoms. The summed E-state index contributed by atoms with van der Waals surface area (Å²) in [5, 5.41) is 8.61. The third kappa shape index (κ3) is 1.52. The largest absolute Gasteiger partial charge is 0.388 e. The van der Waals surface area contributed by atoms with E-state index in [1.165, 1.54) is 0 Å². The van der Waals surface area contributed by atoms with Crippen LogP contribution in [0.2, 0.25) is 0 Å². The Morgan fingerprint density at radius 3 is 2.90 bits per heavy atom. The normalized spacial score (nSPS) is 9.90. The lowest BCUT2D eigenvalue weighted by Crippen LogP contribution is -1.95. The van der Waals surface area contributed by atoms with Crippen molar-refractivity contribution in [3.63, 3.8) is 0 Å². The van der Waals surface area contributed by atoms with Gasteiger partial charge in [-0.3, -0.25) is 0 Å². The van der Waals surface area contributed by atoms with Crippen LogP contribution in [0.3, 0.4) is 0 Å². The van der Waals surface area contributed by atoms with Crippen LogP contribution in [0.15, 0.2) is 10.7 Å². The fourth-order valence-corrected chi connectivity index (χ4v) is 0.768. The van der Waals surface area contributed by atoms with Crippen molar-refractivity contribution >= 4 is 15.9 Å². The number of aliphatic hydroxyl groups excluding tert-OH is 1. The predicted molar refractivity (Wildman–Crippen MR) is 40.4 cm³/mol. The predicted octanol–water partition coefficient (Wildman–Crippen LogP) is 1.04. The molecule has 0 radical (unpaired) electrons. The van der Waals surface area contributed by atoms with Crippen LogP contribution >= 0.6 is 15.9 Å². The van der Waals surface area contributed by atoms with E-state index in [1.807, 2.05) is 6.92 Å². The molecule has 0 saturated carbocycles. The second-order valence-electron chi connectivity index (χ2n) is 1.88. The second-order valence-corrected chi connectivity index (χ2v) is 2.73. The number of halogens is 1. The van der Waals surface area contributed by atoms with Gasteiger partial charge in [0.25, 0.3) is 0 Å². The molecule has 0 saturated heterocycles. The van der Waals surface area contributed by atoms with Crippen LogP contribution < -0.4 is 0 Å². The zero-order chi connectivity index (χ0) is 7.56. The summed E-state index contributed by atoms with van der Waals surface area (Å²) >= 11 is 3.25. The van der Waals surface area contributed by atoms with Crippen molar-refractivity contribution in [3.8, 4) is 0 Å². The molecule has 0 bridgehead atoms. The van der Waals surface area contributed by atoms with Gasteiger partial charge in [-0.1, -0.05) is 0 Å². The molecule has 10 heavy (non-hydrogen) atoms. The van der Waals surface area contributed by atoms with Crippen molar-refractivity contribution in [1.29, 1.82) is 0 Å². The quantitative estimate of drug-likeness (QED) is 0.741. The highest BCUT2D eigenvalue weighted by Crippen LogP contribution is 2.10. The minimum Gasteiger partial charge on any atom is -0.388 e. The van der Waals surface area contributed by atoms with E-state index in [0.29, 0.717) is 5.82 Å². The van der Waals surface area contributed by atoms with Crippen LogP contribution in [0.25, 0.3) is 0 Å². The van der Waals surface area contributed by atoms with Gasteiger partial charge in [-0.2, -0.15) is 0 Å². The van der Waals surface area contributed by atoms with E-state index < -0.39 is 0 Å². The van der Waals surface area contributed by atoms with Gasteiger partial charge in [0.15, 0.2) is 5.82 Å². The zero-order valence-electron chi connectivity index (χ0n) is 5.50. The number of nitrogens with zero attached hydrogens (tertiary/aromatic N) is 2. The van der Waals surface area contributed by atoms with E-state index in [9.17, 15) is 0 Å². The molecule has 0 aromatic carbocycles. The highest BCUT2D eigenvalue weighted by Gasteiger charge is 1.97. The van der Waals surface area contributed by atoms with Gasteiger partial charge in [0.05, 0.1) is 10.2 Å². The highest BCUT2D eigenvalue weighted by atomic mass is 79.9.